The summed E-state index contributed by atoms with van der Waals surface area (Å²) in [4.78, 5) is 0. The molecule has 2 N–H and O–H groups in total. The van der Waals surface area contributed by atoms with Gasteiger partial charge in [0.25, 0.3) is 0 Å². The average molecular weight is 428 g/mol. The fourth-order valence-corrected chi connectivity index (χ4v) is 2.64. The Morgan fingerprint density at radius 3 is 2.10 bits per heavy atom. The molecule has 3 aromatic rings. The van der Waals surface area contributed by atoms with Crippen LogP contribution < -0.4 is 15.4 Å². The lowest BCUT2D eigenvalue weighted by Crippen LogP contribution is -2.19. The third kappa shape index (κ3) is 4.45. The number of anilines is 2. The van der Waals surface area contributed by atoms with Crippen LogP contribution in [-0.4, -0.2) is 22.0 Å². The third-order valence-corrected chi connectivity index (χ3v) is 4.06. The molecule has 0 bridgehead atoms. The molecule has 0 amide bonds. The van der Waals surface area contributed by atoms with Crippen LogP contribution in [0.4, 0.5) is 33.5 Å². The first-order valence-electron chi connectivity index (χ1n) is 8.06. The lowest BCUT2D eigenvalue weighted by molar-refractivity contribution is 0.367. The SMILES string of the molecule is COc1ccc(NC(=S)Nc2ccn(Cc3c(F)c(F)c(F)c(F)c3F)n2)cc1. The van der Waals surface area contributed by atoms with E-state index in [1.807, 2.05) is 0 Å². The first-order valence-corrected chi connectivity index (χ1v) is 8.46. The number of halogens is 5. The molecule has 0 aliphatic heterocycles. The van der Waals surface area contributed by atoms with E-state index in [2.05, 4.69) is 15.7 Å². The van der Waals surface area contributed by atoms with Crippen molar-refractivity contribution >= 4 is 28.8 Å². The molecule has 5 nitrogen and oxygen atoms in total. The summed E-state index contributed by atoms with van der Waals surface area (Å²) in [7, 11) is 1.54. The molecule has 0 aliphatic carbocycles. The molecule has 0 fully saturated rings. The number of aromatic nitrogens is 2. The predicted octanol–water partition coefficient (Wildman–Crippen LogP) is 4.44. The fourth-order valence-electron chi connectivity index (χ4n) is 2.42. The van der Waals surface area contributed by atoms with Crippen molar-refractivity contribution in [2.45, 2.75) is 6.54 Å². The van der Waals surface area contributed by atoms with Gasteiger partial charge in [0.05, 0.1) is 19.2 Å². The Morgan fingerprint density at radius 1 is 0.931 bits per heavy atom. The fraction of sp³-hybridized carbons (Fsp3) is 0.111. The Labute approximate surface area is 167 Å². The van der Waals surface area contributed by atoms with Gasteiger partial charge in [-0.2, -0.15) is 5.10 Å². The van der Waals surface area contributed by atoms with Gasteiger partial charge in [-0.15, -0.1) is 0 Å². The maximum Gasteiger partial charge on any atom is 0.200 e. The van der Waals surface area contributed by atoms with Crippen molar-refractivity contribution < 1.29 is 26.7 Å². The first kappa shape index (κ1) is 20.5. The van der Waals surface area contributed by atoms with Crippen molar-refractivity contribution in [1.82, 2.24) is 9.78 Å². The van der Waals surface area contributed by atoms with E-state index in [1.54, 1.807) is 24.3 Å². The van der Waals surface area contributed by atoms with E-state index in [0.29, 0.717) is 11.4 Å². The number of hydrogen-bond donors (Lipinski definition) is 2. The summed E-state index contributed by atoms with van der Waals surface area (Å²) in [6.45, 7) is -0.661. The van der Waals surface area contributed by atoms with Gasteiger partial charge in [-0.05, 0) is 36.5 Å². The molecule has 1 heterocycles. The second kappa shape index (κ2) is 8.43. The number of hydrogen-bond acceptors (Lipinski definition) is 3. The maximum absolute atomic E-state index is 13.8. The average Bonchev–Trinajstić information content (AvgIpc) is 3.15. The van der Waals surface area contributed by atoms with Crippen LogP contribution in [0, 0.1) is 29.1 Å². The van der Waals surface area contributed by atoms with E-state index in [1.165, 1.54) is 19.4 Å². The van der Waals surface area contributed by atoms with Crippen molar-refractivity contribution in [2.75, 3.05) is 17.7 Å². The van der Waals surface area contributed by atoms with Crippen molar-refractivity contribution in [1.29, 1.82) is 0 Å². The van der Waals surface area contributed by atoms with Crippen LogP contribution in [0.15, 0.2) is 36.5 Å². The zero-order valence-corrected chi connectivity index (χ0v) is 15.6. The number of thiocarbonyl (C=S) groups is 1. The normalized spacial score (nSPS) is 10.7. The van der Waals surface area contributed by atoms with Crippen molar-refractivity contribution in [3.8, 4) is 5.75 Å². The molecule has 0 unspecified atom stereocenters. The quantitative estimate of drug-likeness (QED) is 0.272. The Bertz CT molecular complexity index is 1030. The number of nitrogens with zero attached hydrogens (tertiary/aromatic N) is 2. The molecular formula is C18H13F5N4OS. The summed E-state index contributed by atoms with van der Waals surface area (Å²) in [5, 5.41) is 9.78. The largest absolute Gasteiger partial charge is 0.497 e. The summed E-state index contributed by atoms with van der Waals surface area (Å²) >= 11 is 5.14. The molecule has 152 valence electrons. The molecule has 1 aromatic heterocycles. The molecular weight excluding hydrogens is 415 g/mol. The van der Waals surface area contributed by atoms with Crippen LogP contribution in [0.1, 0.15) is 5.56 Å². The minimum Gasteiger partial charge on any atom is -0.497 e. The molecule has 0 atom stereocenters. The lowest BCUT2D eigenvalue weighted by Gasteiger charge is -2.10. The second-order valence-corrected chi connectivity index (χ2v) is 6.16. The molecule has 0 saturated carbocycles. The summed E-state index contributed by atoms with van der Waals surface area (Å²) < 4.78 is 73.3. The first-order chi connectivity index (χ1) is 13.8. The molecule has 11 heteroatoms. The molecule has 0 saturated heterocycles. The highest BCUT2D eigenvalue weighted by molar-refractivity contribution is 7.80. The summed E-state index contributed by atoms with van der Waals surface area (Å²) in [6, 6.07) is 8.34. The predicted molar refractivity (Wildman–Crippen MR) is 100 cm³/mol. The van der Waals surface area contributed by atoms with E-state index in [9.17, 15) is 22.0 Å². The second-order valence-electron chi connectivity index (χ2n) is 5.75. The van der Waals surface area contributed by atoms with Crippen molar-refractivity contribution in [3.05, 3.63) is 71.2 Å². The summed E-state index contributed by atoms with van der Waals surface area (Å²) in [5.41, 5.74) is -0.320. The van der Waals surface area contributed by atoms with Gasteiger partial charge in [0, 0.05) is 18.0 Å². The van der Waals surface area contributed by atoms with Crippen molar-refractivity contribution in [3.63, 3.8) is 0 Å². The van der Waals surface area contributed by atoms with Crippen LogP contribution in [0.3, 0.4) is 0 Å². The number of benzene rings is 2. The van der Waals surface area contributed by atoms with E-state index in [-0.39, 0.29) is 10.9 Å². The molecule has 29 heavy (non-hydrogen) atoms. The van der Waals surface area contributed by atoms with E-state index < -0.39 is 41.2 Å². The van der Waals surface area contributed by atoms with Gasteiger partial charge in [-0.25, -0.2) is 22.0 Å². The van der Waals surface area contributed by atoms with Gasteiger partial charge in [-0.1, -0.05) is 0 Å². The molecule has 0 aliphatic rings. The number of methoxy groups -OCH3 is 1. The molecule has 0 spiro atoms. The maximum atomic E-state index is 13.8. The Kier molecular flexibility index (Phi) is 5.97. The summed E-state index contributed by atoms with van der Waals surface area (Å²) in [5.74, 6) is -9.14. The van der Waals surface area contributed by atoms with E-state index >= 15 is 0 Å². The lowest BCUT2D eigenvalue weighted by atomic mass is 10.1. The molecule has 2 aromatic carbocycles. The van der Waals surface area contributed by atoms with Crippen LogP contribution in [0.2, 0.25) is 0 Å². The zero-order chi connectivity index (χ0) is 21.1. The summed E-state index contributed by atoms with van der Waals surface area (Å²) in [6.07, 6.45) is 1.30. The number of rotatable bonds is 5. The van der Waals surface area contributed by atoms with Crippen LogP contribution in [0.5, 0.6) is 5.75 Å². The molecule has 0 radical (unpaired) electrons. The smallest absolute Gasteiger partial charge is 0.200 e. The van der Waals surface area contributed by atoms with Gasteiger partial charge >= 0.3 is 0 Å². The highest BCUT2D eigenvalue weighted by Crippen LogP contribution is 2.24. The number of ether oxygens (including phenoxy) is 1. The Morgan fingerprint density at radius 2 is 1.52 bits per heavy atom. The minimum absolute atomic E-state index is 0.177. The van der Waals surface area contributed by atoms with E-state index in [4.69, 9.17) is 17.0 Å². The standard InChI is InChI=1S/C18H13F5N4OS/c1-28-10-4-2-9(3-5-10)24-18(29)25-12-6-7-27(26-12)8-11-13(19)15(21)17(23)16(22)14(11)20/h2-7H,8H2,1H3,(H2,24,25,26,29). The van der Waals surface area contributed by atoms with Gasteiger partial charge in [0.1, 0.15) is 5.75 Å². The Hall–Kier alpha value is -3.21. The molecule has 3 rings (SSSR count). The van der Waals surface area contributed by atoms with Crippen LogP contribution >= 0.6 is 12.2 Å². The van der Waals surface area contributed by atoms with Gasteiger partial charge in [0.15, 0.2) is 34.2 Å². The minimum atomic E-state index is -2.21. The van der Waals surface area contributed by atoms with Gasteiger partial charge in [-0.3, -0.25) is 4.68 Å². The Balaban J connectivity index is 1.69. The van der Waals surface area contributed by atoms with Gasteiger partial charge in [0.2, 0.25) is 5.82 Å². The highest BCUT2D eigenvalue weighted by atomic mass is 32.1. The van der Waals surface area contributed by atoms with Crippen molar-refractivity contribution in [2.24, 2.45) is 0 Å². The van der Waals surface area contributed by atoms with E-state index in [0.717, 1.165) is 4.68 Å². The highest BCUT2D eigenvalue weighted by Gasteiger charge is 2.25. The number of nitrogens with one attached hydrogen (secondary N) is 2. The topological polar surface area (TPSA) is 51.1 Å². The third-order valence-electron chi connectivity index (χ3n) is 3.85. The van der Waals surface area contributed by atoms with Crippen LogP contribution in [0.25, 0.3) is 0 Å². The van der Waals surface area contributed by atoms with Crippen LogP contribution in [-0.2, 0) is 6.54 Å². The zero-order valence-electron chi connectivity index (χ0n) is 14.8. The monoisotopic (exact) mass is 428 g/mol. The van der Waals surface area contributed by atoms with Gasteiger partial charge < -0.3 is 15.4 Å².